The highest BCUT2D eigenvalue weighted by molar-refractivity contribution is 7.11. The van der Waals surface area contributed by atoms with Gasteiger partial charge in [0.15, 0.2) is 0 Å². The largest absolute Gasteiger partial charge is 0.393 e. The van der Waals surface area contributed by atoms with Gasteiger partial charge in [0.05, 0.1) is 17.3 Å². The molecule has 1 heterocycles. The quantitative estimate of drug-likeness (QED) is 0.806. The summed E-state index contributed by atoms with van der Waals surface area (Å²) in [6, 6.07) is 0. The molecule has 2 rings (SSSR count). The van der Waals surface area contributed by atoms with E-state index < -0.39 is 0 Å². The van der Waals surface area contributed by atoms with E-state index in [1.165, 1.54) is 11.3 Å². The first-order chi connectivity index (χ1) is 7.16. The summed E-state index contributed by atoms with van der Waals surface area (Å²) in [7, 11) is 0. The molecular weight excluding hydrogens is 212 g/mol. The second kappa shape index (κ2) is 4.28. The molecule has 1 saturated carbocycles. The second-order valence-corrected chi connectivity index (χ2v) is 4.82. The molecule has 1 aromatic heterocycles. The molecule has 1 amide bonds. The lowest BCUT2D eigenvalue weighted by Crippen LogP contribution is -2.38. The Bertz CT molecular complexity index is 358. The number of aromatic nitrogens is 1. The normalized spacial score (nSPS) is 24.7. The number of carbonyl (C=O) groups is 1. The number of hydrogen-bond acceptors (Lipinski definition) is 4. The van der Waals surface area contributed by atoms with Crippen LogP contribution in [0.3, 0.4) is 0 Å². The maximum atomic E-state index is 11.6. The first-order valence-electron chi connectivity index (χ1n) is 5.03. The van der Waals surface area contributed by atoms with E-state index in [1.54, 1.807) is 5.51 Å². The van der Waals surface area contributed by atoms with Crippen molar-refractivity contribution in [2.75, 3.05) is 6.54 Å². The molecule has 0 bridgehead atoms. The number of rotatable bonds is 3. The average molecular weight is 226 g/mol. The van der Waals surface area contributed by atoms with Crippen LogP contribution in [-0.4, -0.2) is 28.6 Å². The molecule has 0 saturated heterocycles. The van der Waals surface area contributed by atoms with Crippen LogP contribution in [0.1, 0.15) is 28.2 Å². The summed E-state index contributed by atoms with van der Waals surface area (Å²) in [6.07, 6.45) is 1.46. The Kier molecular flexibility index (Phi) is 3.02. The van der Waals surface area contributed by atoms with Gasteiger partial charge in [0.2, 0.25) is 0 Å². The van der Waals surface area contributed by atoms with Gasteiger partial charge in [-0.3, -0.25) is 4.79 Å². The summed E-state index contributed by atoms with van der Waals surface area (Å²) in [5, 5.41) is 12.0. The summed E-state index contributed by atoms with van der Waals surface area (Å²) < 4.78 is 0. The summed E-state index contributed by atoms with van der Waals surface area (Å²) >= 11 is 1.36. The fourth-order valence-corrected chi connectivity index (χ4v) is 2.42. The van der Waals surface area contributed by atoms with Crippen LogP contribution in [0.25, 0.3) is 0 Å². The Morgan fingerprint density at radius 3 is 3.00 bits per heavy atom. The van der Waals surface area contributed by atoms with Crippen LogP contribution in [0.15, 0.2) is 5.51 Å². The van der Waals surface area contributed by atoms with Gasteiger partial charge in [-0.2, -0.15) is 0 Å². The van der Waals surface area contributed by atoms with Crippen molar-refractivity contribution in [1.82, 2.24) is 10.3 Å². The van der Waals surface area contributed by atoms with E-state index in [-0.39, 0.29) is 12.0 Å². The van der Waals surface area contributed by atoms with Crippen LogP contribution < -0.4 is 5.32 Å². The molecule has 0 atom stereocenters. The van der Waals surface area contributed by atoms with Crippen LogP contribution >= 0.6 is 11.3 Å². The highest BCUT2D eigenvalue weighted by Crippen LogP contribution is 2.26. The SMILES string of the molecule is Cc1ncsc1C(=O)NCC1CC(O)C1. The third-order valence-corrected chi connectivity index (χ3v) is 3.64. The minimum atomic E-state index is -0.156. The molecule has 4 nitrogen and oxygen atoms in total. The molecule has 1 aromatic rings. The summed E-state index contributed by atoms with van der Waals surface area (Å²) in [6.45, 7) is 2.49. The molecule has 0 unspecified atom stereocenters. The average Bonchev–Trinajstić information content (AvgIpc) is 2.57. The van der Waals surface area contributed by atoms with Crippen LogP contribution in [0.4, 0.5) is 0 Å². The maximum Gasteiger partial charge on any atom is 0.263 e. The van der Waals surface area contributed by atoms with E-state index in [0.717, 1.165) is 18.5 Å². The van der Waals surface area contributed by atoms with Gasteiger partial charge < -0.3 is 10.4 Å². The van der Waals surface area contributed by atoms with E-state index in [4.69, 9.17) is 5.11 Å². The predicted octanol–water partition coefficient (Wildman–Crippen LogP) is 0.952. The number of aliphatic hydroxyl groups is 1. The minimum absolute atomic E-state index is 0.0450. The third kappa shape index (κ3) is 2.35. The van der Waals surface area contributed by atoms with Crippen molar-refractivity contribution >= 4 is 17.2 Å². The van der Waals surface area contributed by atoms with Crippen LogP contribution in [-0.2, 0) is 0 Å². The predicted molar refractivity (Wildman–Crippen MR) is 57.9 cm³/mol. The molecule has 1 aliphatic carbocycles. The molecule has 2 N–H and O–H groups in total. The van der Waals surface area contributed by atoms with E-state index in [1.807, 2.05) is 6.92 Å². The molecular formula is C10H14N2O2S. The van der Waals surface area contributed by atoms with Gasteiger partial charge in [-0.25, -0.2) is 4.98 Å². The lowest BCUT2D eigenvalue weighted by atomic mass is 9.82. The standard InChI is InChI=1S/C10H14N2O2S/c1-6-9(15-5-12-6)10(14)11-4-7-2-8(13)3-7/h5,7-8,13H,2-4H2,1H3,(H,11,14). The Balaban J connectivity index is 1.80. The number of hydrogen-bond donors (Lipinski definition) is 2. The lowest BCUT2D eigenvalue weighted by Gasteiger charge is -2.31. The zero-order valence-electron chi connectivity index (χ0n) is 8.56. The fourth-order valence-electron chi connectivity index (χ4n) is 1.70. The van der Waals surface area contributed by atoms with E-state index in [2.05, 4.69) is 10.3 Å². The molecule has 15 heavy (non-hydrogen) atoms. The number of nitrogens with one attached hydrogen (secondary N) is 1. The number of amides is 1. The van der Waals surface area contributed by atoms with Gasteiger partial charge in [-0.1, -0.05) is 0 Å². The van der Waals surface area contributed by atoms with Crippen molar-refractivity contribution in [3.8, 4) is 0 Å². The van der Waals surface area contributed by atoms with Gasteiger partial charge in [0.25, 0.3) is 5.91 Å². The second-order valence-electron chi connectivity index (χ2n) is 3.97. The number of carbonyl (C=O) groups excluding carboxylic acids is 1. The molecule has 0 aliphatic heterocycles. The molecule has 0 radical (unpaired) electrons. The molecule has 5 heteroatoms. The number of aryl methyl sites for hydroxylation is 1. The Morgan fingerprint density at radius 1 is 1.73 bits per heavy atom. The molecule has 0 aromatic carbocycles. The van der Waals surface area contributed by atoms with Crippen molar-refractivity contribution in [3.05, 3.63) is 16.1 Å². The first kappa shape index (κ1) is 10.6. The minimum Gasteiger partial charge on any atom is -0.393 e. The monoisotopic (exact) mass is 226 g/mol. The van der Waals surface area contributed by atoms with Crippen molar-refractivity contribution in [3.63, 3.8) is 0 Å². The Labute approximate surface area is 92.3 Å². The summed E-state index contributed by atoms with van der Waals surface area (Å²) in [4.78, 5) is 16.4. The summed E-state index contributed by atoms with van der Waals surface area (Å²) in [5.41, 5.74) is 2.46. The number of thiazole rings is 1. The van der Waals surface area contributed by atoms with E-state index in [0.29, 0.717) is 17.3 Å². The summed E-state index contributed by atoms with van der Waals surface area (Å²) in [5.74, 6) is 0.397. The van der Waals surface area contributed by atoms with Crippen LogP contribution in [0, 0.1) is 12.8 Å². The maximum absolute atomic E-state index is 11.6. The van der Waals surface area contributed by atoms with Gasteiger partial charge in [-0.15, -0.1) is 11.3 Å². The van der Waals surface area contributed by atoms with Crippen molar-refractivity contribution < 1.29 is 9.90 Å². The van der Waals surface area contributed by atoms with Gasteiger partial charge in [-0.05, 0) is 25.7 Å². The molecule has 1 aliphatic rings. The lowest BCUT2D eigenvalue weighted by molar-refractivity contribution is 0.0420. The zero-order chi connectivity index (χ0) is 10.8. The fraction of sp³-hybridized carbons (Fsp3) is 0.600. The third-order valence-electron chi connectivity index (χ3n) is 2.71. The first-order valence-corrected chi connectivity index (χ1v) is 5.91. The van der Waals surface area contributed by atoms with Crippen molar-refractivity contribution in [2.24, 2.45) is 5.92 Å². The van der Waals surface area contributed by atoms with Crippen LogP contribution in [0.5, 0.6) is 0 Å². The molecule has 1 fully saturated rings. The molecule has 82 valence electrons. The van der Waals surface area contributed by atoms with Crippen molar-refractivity contribution in [2.45, 2.75) is 25.9 Å². The van der Waals surface area contributed by atoms with Crippen molar-refractivity contribution in [1.29, 1.82) is 0 Å². The Morgan fingerprint density at radius 2 is 2.47 bits per heavy atom. The number of nitrogens with zero attached hydrogens (tertiary/aromatic N) is 1. The van der Waals surface area contributed by atoms with Gasteiger partial charge in [0, 0.05) is 6.54 Å². The Hall–Kier alpha value is -0.940. The van der Waals surface area contributed by atoms with E-state index in [9.17, 15) is 4.79 Å². The smallest absolute Gasteiger partial charge is 0.263 e. The van der Waals surface area contributed by atoms with Crippen LogP contribution in [0.2, 0.25) is 0 Å². The van der Waals surface area contributed by atoms with Gasteiger partial charge in [0.1, 0.15) is 4.88 Å². The van der Waals surface area contributed by atoms with Gasteiger partial charge >= 0.3 is 0 Å². The highest BCUT2D eigenvalue weighted by atomic mass is 32.1. The number of aliphatic hydroxyl groups excluding tert-OH is 1. The van der Waals surface area contributed by atoms with E-state index >= 15 is 0 Å². The topological polar surface area (TPSA) is 62.2 Å². The zero-order valence-corrected chi connectivity index (χ0v) is 9.38. The highest BCUT2D eigenvalue weighted by Gasteiger charge is 2.27. The molecule has 0 spiro atoms.